The topological polar surface area (TPSA) is 12.0 Å². The molecule has 66 valence electrons. The van der Waals surface area contributed by atoms with Crippen molar-refractivity contribution >= 4 is 0 Å². The molecule has 1 aliphatic carbocycles. The highest BCUT2D eigenvalue weighted by Gasteiger charge is 2.34. The van der Waals surface area contributed by atoms with Gasteiger partial charge in [-0.25, -0.2) is 0 Å². The average Bonchev–Trinajstić information content (AvgIpc) is 2.51. The second kappa shape index (κ2) is 4.10. The van der Waals surface area contributed by atoms with Crippen molar-refractivity contribution in [3.8, 4) is 0 Å². The molecule has 0 aromatic heterocycles. The van der Waals surface area contributed by atoms with Gasteiger partial charge in [-0.15, -0.1) is 0 Å². The summed E-state index contributed by atoms with van der Waals surface area (Å²) in [4.78, 5) is 0. The summed E-state index contributed by atoms with van der Waals surface area (Å²) in [6.45, 7) is 8.99. The van der Waals surface area contributed by atoms with E-state index >= 15 is 0 Å². The van der Waals surface area contributed by atoms with Crippen LogP contribution < -0.4 is 5.32 Å². The van der Waals surface area contributed by atoms with Gasteiger partial charge in [-0.05, 0) is 43.7 Å². The van der Waals surface area contributed by atoms with E-state index in [4.69, 9.17) is 0 Å². The first-order valence-corrected chi connectivity index (χ1v) is 5.07. The highest BCUT2D eigenvalue weighted by molar-refractivity contribution is 4.88. The van der Waals surface area contributed by atoms with Gasteiger partial charge in [0.15, 0.2) is 0 Å². The van der Waals surface area contributed by atoms with E-state index < -0.39 is 0 Å². The van der Waals surface area contributed by atoms with Crippen LogP contribution in [0.15, 0.2) is 0 Å². The average molecular weight is 155 g/mol. The third kappa shape index (κ3) is 1.96. The Morgan fingerprint density at radius 2 is 1.45 bits per heavy atom. The van der Waals surface area contributed by atoms with Crippen LogP contribution in [0.2, 0.25) is 0 Å². The van der Waals surface area contributed by atoms with Gasteiger partial charge in [-0.1, -0.05) is 20.8 Å². The summed E-state index contributed by atoms with van der Waals surface area (Å²) in [6, 6.07) is 0. The normalized spacial score (nSPS) is 41.2. The lowest BCUT2D eigenvalue weighted by atomic mass is 10.0. The fraction of sp³-hybridized carbons (Fsp3) is 1.00. The maximum absolute atomic E-state index is 3.44. The molecule has 11 heavy (non-hydrogen) atoms. The quantitative estimate of drug-likeness (QED) is 0.566. The Morgan fingerprint density at radius 3 is 1.91 bits per heavy atom. The molecule has 1 N–H and O–H groups in total. The van der Waals surface area contributed by atoms with Crippen LogP contribution in [-0.2, 0) is 0 Å². The Kier molecular flexibility index (Phi) is 3.38. The summed E-state index contributed by atoms with van der Waals surface area (Å²) in [5, 5.41) is 3.44. The van der Waals surface area contributed by atoms with E-state index in [-0.39, 0.29) is 0 Å². The molecule has 1 saturated heterocycles. The first kappa shape index (κ1) is 9.05. The van der Waals surface area contributed by atoms with Crippen LogP contribution >= 0.6 is 0 Å². The van der Waals surface area contributed by atoms with Crippen LogP contribution in [-0.4, -0.2) is 13.1 Å². The summed E-state index contributed by atoms with van der Waals surface area (Å²) in [6.07, 6.45) is 2.97. The minimum atomic E-state index is 1.02. The van der Waals surface area contributed by atoms with Crippen LogP contribution in [0.1, 0.15) is 33.6 Å². The molecule has 0 amide bonds. The van der Waals surface area contributed by atoms with Crippen molar-refractivity contribution in [1.82, 2.24) is 5.32 Å². The van der Waals surface area contributed by atoms with Gasteiger partial charge < -0.3 is 5.32 Å². The van der Waals surface area contributed by atoms with Crippen molar-refractivity contribution in [1.29, 1.82) is 0 Å². The lowest BCUT2D eigenvalue weighted by Gasteiger charge is -2.02. The molecule has 0 aromatic rings. The van der Waals surface area contributed by atoms with E-state index in [2.05, 4.69) is 12.2 Å². The van der Waals surface area contributed by atoms with Gasteiger partial charge in [-0.3, -0.25) is 0 Å². The molecule has 2 aliphatic rings. The highest BCUT2D eigenvalue weighted by atomic mass is 14.9. The minimum Gasteiger partial charge on any atom is -0.316 e. The standard InChI is InChI=1S/C8H15N.C2H6/c1-6-2-7-4-9-5-8(7)3-6;1-2/h6-9H,2-5H2,1H3;1-2H3/t6?,7-,8?;/m1./s1. The molecule has 0 aromatic carbocycles. The Labute approximate surface area is 70.6 Å². The number of nitrogens with one attached hydrogen (secondary N) is 1. The second-order valence-electron chi connectivity index (χ2n) is 3.75. The zero-order chi connectivity index (χ0) is 8.27. The van der Waals surface area contributed by atoms with E-state index in [0.717, 1.165) is 17.8 Å². The van der Waals surface area contributed by atoms with E-state index in [1.54, 1.807) is 0 Å². The Hall–Kier alpha value is -0.0400. The van der Waals surface area contributed by atoms with E-state index in [1.807, 2.05) is 13.8 Å². The molecule has 0 spiro atoms. The van der Waals surface area contributed by atoms with Gasteiger partial charge in [-0.2, -0.15) is 0 Å². The number of rotatable bonds is 0. The number of fused-ring (bicyclic) bond motifs is 1. The lowest BCUT2D eigenvalue weighted by molar-refractivity contribution is 0.494. The molecule has 1 saturated carbocycles. The zero-order valence-corrected chi connectivity index (χ0v) is 8.06. The first-order valence-electron chi connectivity index (χ1n) is 5.07. The maximum atomic E-state index is 3.44. The molecular weight excluding hydrogens is 134 g/mol. The molecule has 1 heterocycles. The Morgan fingerprint density at radius 1 is 1.00 bits per heavy atom. The summed E-state index contributed by atoms with van der Waals surface area (Å²) in [7, 11) is 0. The fourth-order valence-corrected chi connectivity index (χ4v) is 2.47. The summed E-state index contributed by atoms with van der Waals surface area (Å²) in [5.41, 5.74) is 0. The Bertz CT molecular complexity index is 99.4. The fourth-order valence-electron chi connectivity index (χ4n) is 2.47. The van der Waals surface area contributed by atoms with Gasteiger partial charge in [0.25, 0.3) is 0 Å². The minimum absolute atomic E-state index is 1.02. The monoisotopic (exact) mass is 155 g/mol. The van der Waals surface area contributed by atoms with E-state index in [9.17, 15) is 0 Å². The predicted molar refractivity (Wildman–Crippen MR) is 49.6 cm³/mol. The molecule has 2 unspecified atom stereocenters. The maximum Gasteiger partial charge on any atom is -0.00172 e. The zero-order valence-electron chi connectivity index (χ0n) is 8.06. The van der Waals surface area contributed by atoms with Crippen molar-refractivity contribution in [2.24, 2.45) is 17.8 Å². The van der Waals surface area contributed by atoms with Gasteiger partial charge >= 0.3 is 0 Å². The predicted octanol–water partition coefficient (Wildman–Crippen LogP) is 2.28. The molecule has 1 nitrogen and oxygen atoms in total. The van der Waals surface area contributed by atoms with Crippen LogP contribution in [0, 0.1) is 17.8 Å². The van der Waals surface area contributed by atoms with Crippen LogP contribution in [0.4, 0.5) is 0 Å². The molecule has 0 bridgehead atoms. The first-order chi connectivity index (χ1) is 5.36. The van der Waals surface area contributed by atoms with Crippen LogP contribution in [0.5, 0.6) is 0 Å². The summed E-state index contributed by atoms with van der Waals surface area (Å²) >= 11 is 0. The highest BCUT2D eigenvalue weighted by Crippen LogP contribution is 2.37. The van der Waals surface area contributed by atoms with Crippen molar-refractivity contribution in [2.45, 2.75) is 33.6 Å². The number of hydrogen-bond donors (Lipinski definition) is 1. The molecule has 1 aliphatic heterocycles. The summed E-state index contributed by atoms with van der Waals surface area (Å²) in [5.74, 6) is 3.10. The van der Waals surface area contributed by atoms with Crippen LogP contribution in [0.25, 0.3) is 0 Å². The molecule has 0 radical (unpaired) electrons. The van der Waals surface area contributed by atoms with Gasteiger partial charge in [0.05, 0.1) is 0 Å². The van der Waals surface area contributed by atoms with Crippen LogP contribution in [0.3, 0.4) is 0 Å². The van der Waals surface area contributed by atoms with Gasteiger partial charge in [0, 0.05) is 0 Å². The molecule has 2 rings (SSSR count). The van der Waals surface area contributed by atoms with Crippen molar-refractivity contribution in [3.05, 3.63) is 0 Å². The van der Waals surface area contributed by atoms with E-state index in [0.29, 0.717) is 0 Å². The lowest BCUT2D eigenvalue weighted by Crippen LogP contribution is -2.10. The number of hydrogen-bond acceptors (Lipinski definition) is 1. The second-order valence-corrected chi connectivity index (χ2v) is 3.75. The Balaban J connectivity index is 0.000000281. The van der Waals surface area contributed by atoms with Crippen molar-refractivity contribution in [3.63, 3.8) is 0 Å². The van der Waals surface area contributed by atoms with Gasteiger partial charge in [0.1, 0.15) is 0 Å². The molecule has 3 atom stereocenters. The SMILES string of the molecule is CC.CC1CC2CNC[C@H]2C1. The third-order valence-electron chi connectivity index (χ3n) is 2.89. The largest absolute Gasteiger partial charge is 0.316 e. The van der Waals surface area contributed by atoms with E-state index in [1.165, 1.54) is 25.9 Å². The molecular formula is C10H21N. The molecule has 2 fully saturated rings. The summed E-state index contributed by atoms with van der Waals surface area (Å²) < 4.78 is 0. The third-order valence-corrected chi connectivity index (χ3v) is 2.89. The molecule has 1 heteroatoms. The van der Waals surface area contributed by atoms with Crippen molar-refractivity contribution in [2.75, 3.05) is 13.1 Å². The smallest absolute Gasteiger partial charge is 0.00172 e. The van der Waals surface area contributed by atoms with Crippen molar-refractivity contribution < 1.29 is 0 Å². The van der Waals surface area contributed by atoms with Gasteiger partial charge in [0.2, 0.25) is 0 Å².